The van der Waals surface area contributed by atoms with E-state index in [-0.39, 0.29) is 12.8 Å². The molecule has 15 nitrogen and oxygen atoms in total. The second-order valence-electron chi connectivity index (χ2n) is 8.44. The van der Waals surface area contributed by atoms with Crippen molar-refractivity contribution in [2.45, 2.75) is 49.9 Å². The average Bonchev–Trinajstić information content (AvgIpc) is 3.35. The smallest absolute Gasteiger partial charge is 0.326 e. The molecule has 0 saturated carbocycles. The first kappa shape index (κ1) is 29.4. The first-order valence-corrected chi connectivity index (χ1v) is 11.4. The fourth-order valence-corrected chi connectivity index (χ4v) is 3.42. The first-order chi connectivity index (χ1) is 18.0. The molecule has 0 radical (unpaired) electrons. The lowest BCUT2D eigenvalue weighted by molar-refractivity contribution is -0.142. The third kappa shape index (κ3) is 9.69. The summed E-state index contributed by atoms with van der Waals surface area (Å²) < 4.78 is 0. The van der Waals surface area contributed by atoms with Gasteiger partial charge >= 0.3 is 5.97 Å². The van der Waals surface area contributed by atoms with Crippen molar-refractivity contribution in [3.05, 3.63) is 54.1 Å². The zero-order valence-corrected chi connectivity index (χ0v) is 20.3. The van der Waals surface area contributed by atoms with Crippen LogP contribution in [0.1, 0.15) is 24.1 Å². The van der Waals surface area contributed by atoms with Crippen molar-refractivity contribution in [1.82, 2.24) is 25.9 Å². The number of benzene rings is 1. The number of amides is 5. The quantitative estimate of drug-likeness (QED) is 0.115. The number of carbonyl (C=O) groups excluding carboxylic acids is 5. The molecule has 1 aromatic heterocycles. The number of hydrogen-bond acceptors (Lipinski definition) is 8. The number of nitrogens with zero attached hydrogens (tertiary/aromatic N) is 1. The van der Waals surface area contributed by atoms with E-state index in [1.807, 2.05) is 0 Å². The number of hydrogen-bond donors (Lipinski definition) is 8. The number of primary amides is 2. The van der Waals surface area contributed by atoms with Crippen molar-refractivity contribution < 1.29 is 33.9 Å². The maximum Gasteiger partial charge on any atom is 0.326 e. The van der Waals surface area contributed by atoms with E-state index in [1.54, 1.807) is 30.3 Å². The fourth-order valence-electron chi connectivity index (χ4n) is 3.42. The molecule has 0 bridgehead atoms. The zero-order valence-electron chi connectivity index (χ0n) is 20.3. The van der Waals surface area contributed by atoms with Gasteiger partial charge in [-0.05, 0) is 5.56 Å². The van der Waals surface area contributed by atoms with Gasteiger partial charge in [0.05, 0.1) is 25.2 Å². The van der Waals surface area contributed by atoms with Crippen LogP contribution in [0.3, 0.4) is 0 Å². The van der Waals surface area contributed by atoms with E-state index >= 15 is 0 Å². The molecule has 2 aromatic rings. The molecule has 38 heavy (non-hydrogen) atoms. The lowest BCUT2D eigenvalue weighted by Crippen LogP contribution is -2.58. The van der Waals surface area contributed by atoms with Crippen LogP contribution in [-0.4, -0.2) is 74.7 Å². The Hall–Kier alpha value is -4.79. The summed E-state index contributed by atoms with van der Waals surface area (Å²) in [5.41, 5.74) is 17.0. The van der Waals surface area contributed by atoms with Crippen LogP contribution >= 0.6 is 0 Å². The topological polar surface area (TPSA) is 265 Å². The van der Waals surface area contributed by atoms with Crippen LogP contribution in [0.15, 0.2) is 42.9 Å². The number of carboxylic acid groups (broad SMARTS) is 1. The van der Waals surface area contributed by atoms with Gasteiger partial charge in [-0.3, -0.25) is 24.0 Å². The second-order valence-corrected chi connectivity index (χ2v) is 8.44. The van der Waals surface area contributed by atoms with Crippen LogP contribution < -0.4 is 33.2 Å². The summed E-state index contributed by atoms with van der Waals surface area (Å²) in [5.74, 6) is -5.86. The Labute approximate surface area is 216 Å². The van der Waals surface area contributed by atoms with Gasteiger partial charge in [-0.2, -0.15) is 0 Å². The SMILES string of the molecule is NC(=O)CC(N)C(=O)NC(Cc1cnc[nH]1)C(=O)NC(CC(N)=O)C(=O)NC(Cc1ccccc1)C(=O)O. The highest BCUT2D eigenvalue weighted by atomic mass is 16.4. The van der Waals surface area contributed by atoms with Crippen LogP contribution in [0, 0.1) is 0 Å². The lowest BCUT2D eigenvalue weighted by Gasteiger charge is -2.24. The minimum absolute atomic E-state index is 0.0601. The number of aromatic nitrogens is 2. The summed E-state index contributed by atoms with van der Waals surface area (Å²) in [6, 6.07) is 2.91. The summed E-state index contributed by atoms with van der Waals surface area (Å²) >= 11 is 0. The number of carbonyl (C=O) groups is 6. The summed E-state index contributed by atoms with van der Waals surface area (Å²) in [5, 5.41) is 16.6. The molecule has 1 aromatic carbocycles. The highest BCUT2D eigenvalue weighted by molar-refractivity contribution is 5.96. The van der Waals surface area contributed by atoms with Crippen molar-refractivity contribution in [2.24, 2.45) is 17.2 Å². The summed E-state index contributed by atoms with van der Waals surface area (Å²) in [6.07, 6.45) is 1.42. The molecule has 204 valence electrons. The van der Waals surface area contributed by atoms with Gasteiger partial charge in [-0.15, -0.1) is 0 Å². The number of aliphatic carboxylic acids is 1. The molecule has 5 amide bonds. The predicted molar refractivity (Wildman–Crippen MR) is 131 cm³/mol. The summed E-state index contributed by atoms with van der Waals surface area (Å²) in [7, 11) is 0. The number of aromatic amines is 1. The molecule has 1 heterocycles. The Balaban J connectivity index is 2.19. The van der Waals surface area contributed by atoms with Crippen molar-refractivity contribution in [3.8, 4) is 0 Å². The number of rotatable bonds is 15. The Bertz CT molecular complexity index is 1140. The normalized spacial score (nSPS) is 13.8. The average molecular weight is 531 g/mol. The Morgan fingerprint density at radius 3 is 1.95 bits per heavy atom. The maximum absolute atomic E-state index is 13.1. The molecule has 4 unspecified atom stereocenters. The Morgan fingerprint density at radius 1 is 0.816 bits per heavy atom. The molecule has 0 fully saturated rings. The van der Waals surface area contributed by atoms with Gasteiger partial charge in [-0.1, -0.05) is 30.3 Å². The van der Waals surface area contributed by atoms with Crippen molar-refractivity contribution in [2.75, 3.05) is 0 Å². The summed E-state index contributed by atoms with van der Waals surface area (Å²) in [4.78, 5) is 79.6. The van der Waals surface area contributed by atoms with Gasteiger partial charge in [0, 0.05) is 24.7 Å². The minimum Gasteiger partial charge on any atom is -0.480 e. The van der Waals surface area contributed by atoms with E-state index in [4.69, 9.17) is 17.2 Å². The van der Waals surface area contributed by atoms with Gasteiger partial charge in [0.1, 0.15) is 18.1 Å². The third-order valence-electron chi connectivity index (χ3n) is 5.31. The number of nitrogens with two attached hydrogens (primary N) is 3. The molecule has 15 heteroatoms. The largest absolute Gasteiger partial charge is 0.480 e. The number of H-pyrrole nitrogens is 1. The Kier molecular flexibility index (Phi) is 10.9. The molecular weight excluding hydrogens is 500 g/mol. The molecule has 4 atom stereocenters. The van der Waals surface area contributed by atoms with E-state index in [0.29, 0.717) is 11.3 Å². The molecule has 0 aliphatic carbocycles. The molecular formula is C23H30N8O7. The second kappa shape index (κ2) is 14.1. The van der Waals surface area contributed by atoms with Crippen LogP contribution in [-0.2, 0) is 41.6 Å². The number of nitrogens with one attached hydrogen (secondary N) is 4. The number of carboxylic acids is 1. The van der Waals surface area contributed by atoms with Crippen LogP contribution in [0.25, 0.3) is 0 Å². The predicted octanol–water partition coefficient (Wildman–Crippen LogP) is -3.19. The standard InChI is InChI=1S/C23H30N8O7/c24-14(8-18(25)32)20(34)29-15(7-13-10-27-11-28-13)21(35)30-16(9-19(26)33)22(36)31-17(23(37)38)6-12-4-2-1-3-5-12/h1-5,10-11,14-17H,6-9,24H2,(H2,25,32)(H2,26,33)(H,27,28)(H,29,34)(H,30,35)(H,31,36)(H,37,38). The van der Waals surface area contributed by atoms with Crippen LogP contribution in [0.4, 0.5) is 0 Å². The van der Waals surface area contributed by atoms with Crippen LogP contribution in [0.2, 0.25) is 0 Å². The highest BCUT2D eigenvalue weighted by Crippen LogP contribution is 2.06. The zero-order chi connectivity index (χ0) is 28.2. The first-order valence-electron chi connectivity index (χ1n) is 11.4. The third-order valence-corrected chi connectivity index (χ3v) is 5.31. The van der Waals surface area contributed by atoms with Crippen molar-refractivity contribution in [1.29, 1.82) is 0 Å². The molecule has 0 saturated heterocycles. The van der Waals surface area contributed by atoms with Gasteiger partial charge in [0.25, 0.3) is 0 Å². The van der Waals surface area contributed by atoms with Crippen LogP contribution in [0.5, 0.6) is 0 Å². The van der Waals surface area contributed by atoms with Gasteiger partial charge in [-0.25, -0.2) is 9.78 Å². The van der Waals surface area contributed by atoms with E-state index in [2.05, 4.69) is 25.9 Å². The van der Waals surface area contributed by atoms with Crippen molar-refractivity contribution >= 4 is 35.5 Å². The van der Waals surface area contributed by atoms with E-state index in [1.165, 1.54) is 12.5 Å². The highest BCUT2D eigenvalue weighted by Gasteiger charge is 2.32. The molecule has 2 rings (SSSR count). The monoisotopic (exact) mass is 530 g/mol. The summed E-state index contributed by atoms with van der Waals surface area (Å²) in [6.45, 7) is 0. The lowest BCUT2D eigenvalue weighted by atomic mass is 10.0. The van der Waals surface area contributed by atoms with Gasteiger partial charge < -0.3 is 43.2 Å². The van der Waals surface area contributed by atoms with Gasteiger partial charge in [0.2, 0.25) is 29.5 Å². The Morgan fingerprint density at radius 2 is 1.39 bits per heavy atom. The number of imidazole rings is 1. The van der Waals surface area contributed by atoms with Gasteiger partial charge in [0.15, 0.2) is 0 Å². The van der Waals surface area contributed by atoms with E-state index in [9.17, 15) is 33.9 Å². The van der Waals surface area contributed by atoms with Crippen molar-refractivity contribution in [3.63, 3.8) is 0 Å². The molecule has 0 aliphatic rings. The van der Waals surface area contributed by atoms with E-state index < -0.39 is 72.5 Å². The molecule has 0 spiro atoms. The fraction of sp³-hybridized carbons (Fsp3) is 0.348. The molecule has 0 aliphatic heterocycles. The maximum atomic E-state index is 13.1. The molecule has 11 N–H and O–H groups in total. The van der Waals surface area contributed by atoms with E-state index in [0.717, 1.165) is 0 Å². The minimum atomic E-state index is -1.56.